The molecule has 0 radical (unpaired) electrons. The molecule has 2 N–H and O–H groups in total. The van der Waals surface area contributed by atoms with Crippen molar-refractivity contribution < 1.29 is 22.7 Å². The topological polar surface area (TPSA) is 50.4 Å². The van der Waals surface area contributed by atoms with Crippen LogP contribution in [0.1, 0.15) is 38.5 Å². The number of amides is 1. The zero-order valence-electron chi connectivity index (χ0n) is 12.0. The second-order valence-electron chi connectivity index (χ2n) is 5.96. The lowest BCUT2D eigenvalue weighted by molar-refractivity contribution is -0.188. The molecule has 1 aliphatic heterocycles. The number of ether oxygens (including phenoxy) is 1. The number of hydrogen-bond donors (Lipinski definition) is 2. The fourth-order valence-electron chi connectivity index (χ4n) is 3.03. The van der Waals surface area contributed by atoms with E-state index in [-0.39, 0.29) is 17.9 Å². The summed E-state index contributed by atoms with van der Waals surface area (Å²) in [5, 5.41) is 6.16. The molecule has 0 bridgehead atoms. The van der Waals surface area contributed by atoms with Crippen molar-refractivity contribution in [2.75, 3.05) is 19.7 Å². The van der Waals surface area contributed by atoms with Gasteiger partial charge < -0.3 is 15.4 Å². The molecule has 2 unspecified atom stereocenters. The Bertz CT molecular complexity index is 344. The minimum atomic E-state index is -4.29. The minimum absolute atomic E-state index is 0.0173. The number of rotatable bonds is 4. The number of piperidine rings is 1. The highest BCUT2D eigenvalue weighted by Gasteiger charge is 2.32. The van der Waals surface area contributed by atoms with Gasteiger partial charge in [-0.1, -0.05) is 0 Å². The maximum Gasteiger partial charge on any atom is 0.411 e. The first-order valence-electron chi connectivity index (χ1n) is 7.63. The van der Waals surface area contributed by atoms with E-state index >= 15 is 0 Å². The van der Waals surface area contributed by atoms with Crippen LogP contribution >= 0.6 is 0 Å². The first-order chi connectivity index (χ1) is 9.94. The van der Waals surface area contributed by atoms with Gasteiger partial charge in [-0.25, -0.2) is 0 Å². The largest absolute Gasteiger partial charge is 0.411 e. The van der Waals surface area contributed by atoms with Crippen molar-refractivity contribution in [3.63, 3.8) is 0 Å². The van der Waals surface area contributed by atoms with E-state index in [0.29, 0.717) is 19.4 Å². The third-order valence-electron chi connectivity index (χ3n) is 4.12. The van der Waals surface area contributed by atoms with Crippen molar-refractivity contribution in [3.05, 3.63) is 0 Å². The van der Waals surface area contributed by atoms with E-state index in [9.17, 15) is 18.0 Å². The third kappa shape index (κ3) is 5.82. The van der Waals surface area contributed by atoms with Crippen LogP contribution in [0.5, 0.6) is 0 Å². The molecule has 0 spiro atoms. The molecule has 3 atom stereocenters. The number of alkyl halides is 3. The van der Waals surface area contributed by atoms with E-state index in [1.165, 1.54) is 0 Å². The second kappa shape index (κ2) is 7.45. The van der Waals surface area contributed by atoms with Crippen LogP contribution in [0.2, 0.25) is 0 Å². The van der Waals surface area contributed by atoms with Crippen LogP contribution in [0.3, 0.4) is 0 Å². The van der Waals surface area contributed by atoms with Crippen molar-refractivity contribution in [1.29, 1.82) is 0 Å². The summed E-state index contributed by atoms with van der Waals surface area (Å²) in [5.74, 6) is -0.00103. The number of halogens is 3. The van der Waals surface area contributed by atoms with Crippen molar-refractivity contribution in [3.8, 4) is 0 Å². The Morgan fingerprint density at radius 3 is 2.71 bits per heavy atom. The molecule has 21 heavy (non-hydrogen) atoms. The van der Waals surface area contributed by atoms with E-state index in [1.54, 1.807) is 0 Å². The lowest BCUT2D eigenvalue weighted by Crippen LogP contribution is -2.46. The van der Waals surface area contributed by atoms with Crippen molar-refractivity contribution in [2.24, 2.45) is 5.92 Å². The van der Waals surface area contributed by atoms with Crippen molar-refractivity contribution in [2.45, 2.75) is 56.8 Å². The maximum atomic E-state index is 12.2. The van der Waals surface area contributed by atoms with Crippen LogP contribution in [0, 0.1) is 5.92 Å². The molecule has 2 fully saturated rings. The van der Waals surface area contributed by atoms with Crippen LogP contribution in [0.15, 0.2) is 0 Å². The van der Waals surface area contributed by atoms with E-state index in [4.69, 9.17) is 4.74 Å². The van der Waals surface area contributed by atoms with Gasteiger partial charge in [0.15, 0.2) is 0 Å². The van der Waals surface area contributed by atoms with Crippen molar-refractivity contribution in [1.82, 2.24) is 10.6 Å². The van der Waals surface area contributed by atoms with Crippen LogP contribution in [0.4, 0.5) is 13.2 Å². The standard InChI is InChI=1S/C14H23F3N2O2/c15-14(16,17)9-21-12-5-1-4-11(7-12)19-13(20)10-3-2-6-18-8-10/h10-12,18H,1-9H2,(H,19,20)/t10-,11?,12?/m0/s1. The minimum Gasteiger partial charge on any atom is -0.369 e. The summed E-state index contributed by atoms with van der Waals surface area (Å²) < 4.78 is 41.4. The fraction of sp³-hybridized carbons (Fsp3) is 0.929. The Kier molecular flexibility index (Phi) is 5.87. The number of nitrogens with one attached hydrogen (secondary N) is 2. The first-order valence-corrected chi connectivity index (χ1v) is 7.63. The maximum absolute atomic E-state index is 12.2. The van der Waals surface area contributed by atoms with Gasteiger partial charge in [-0.2, -0.15) is 13.2 Å². The summed E-state index contributed by atoms with van der Waals surface area (Å²) in [4.78, 5) is 12.1. The molecule has 1 saturated heterocycles. The molecule has 1 amide bonds. The molecule has 0 aromatic carbocycles. The molecule has 2 rings (SSSR count). The highest BCUT2D eigenvalue weighted by atomic mass is 19.4. The van der Waals surface area contributed by atoms with Gasteiger partial charge in [0, 0.05) is 12.6 Å². The predicted molar refractivity (Wildman–Crippen MR) is 71.8 cm³/mol. The molecule has 0 aromatic heterocycles. The number of carbonyl (C=O) groups excluding carboxylic acids is 1. The second-order valence-corrected chi connectivity index (χ2v) is 5.96. The zero-order chi connectivity index (χ0) is 15.3. The van der Waals surface area contributed by atoms with Gasteiger partial charge in [0.2, 0.25) is 5.91 Å². The van der Waals surface area contributed by atoms with Gasteiger partial charge >= 0.3 is 6.18 Å². The normalized spacial score (nSPS) is 30.9. The highest BCUT2D eigenvalue weighted by molar-refractivity contribution is 5.79. The Labute approximate surface area is 122 Å². The molecule has 2 aliphatic rings. The van der Waals surface area contributed by atoms with Gasteiger partial charge in [-0.3, -0.25) is 4.79 Å². The van der Waals surface area contributed by atoms with Gasteiger partial charge in [0.05, 0.1) is 12.0 Å². The van der Waals surface area contributed by atoms with Crippen LogP contribution in [-0.4, -0.2) is 43.9 Å². The third-order valence-corrected chi connectivity index (χ3v) is 4.12. The molecular weight excluding hydrogens is 285 g/mol. The van der Waals surface area contributed by atoms with Gasteiger partial charge in [0.25, 0.3) is 0 Å². The van der Waals surface area contributed by atoms with E-state index < -0.39 is 18.9 Å². The molecule has 1 saturated carbocycles. The summed E-state index contributed by atoms with van der Waals surface area (Å²) in [7, 11) is 0. The Hall–Kier alpha value is -0.820. The summed E-state index contributed by atoms with van der Waals surface area (Å²) in [5.41, 5.74) is 0. The summed E-state index contributed by atoms with van der Waals surface area (Å²) in [6.07, 6.45) is -0.122. The molecule has 7 heteroatoms. The average Bonchev–Trinajstić information content (AvgIpc) is 2.46. The van der Waals surface area contributed by atoms with Crippen LogP contribution in [-0.2, 0) is 9.53 Å². The van der Waals surface area contributed by atoms with E-state index in [1.807, 2.05) is 0 Å². The summed E-state index contributed by atoms with van der Waals surface area (Å²) in [6, 6.07) is -0.0635. The molecule has 1 aliphatic carbocycles. The number of hydrogen-bond acceptors (Lipinski definition) is 3. The lowest BCUT2D eigenvalue weighted by atomic mass is 9.91. The molecule has 1 heterocycles. The van der Waals surface area contributed by atoms with Crippen molar-refractivity contribution >= 4 is 5.91 Å². The number of carbonyl (C=O) groups is 1. The Morgan fingerprint density at radius 2 is 2.05 bits per heavy atom. The monoisotopic (exact) mass is 308 g/mol. The lowest BCUT2D eigenvalue weighted by Gasteiger charge is -2.31. The molecule has 0 aromatic rings. The Balaban J connectivity index is 1.74. The van der Waals surface area contributed by atoms with E-state index in [0.717, 1.165) is 32.2 Å². The van der Waals surface area contributed by atoms with Gasteiger partial charge in [-0.05, 0) is 45.1 Å². The van der Waals surface area contributed by atoms with Crippen LogP contribution in [0.25, 0.3) is 0 Å². The van der Waals surface area contributed by atoms with E-state index in [2.05, 4.69) is 10.6 Å². The summed E-state index contributed by atoms with van der Waals surface area (Å²) >= 11 is 0. The SMILES string of the molecule is O=C(NC1CCCC(OCC(F)(F)F)C1)[C@H]1CCCNC1. The van der Waals surface area contributed by atoms with Crippen LogP contribution < -0.4 is 10.6 Å². The summed E-state index contributed by atoms with van der Waals surface area (Å²) in [6.45, 7) is 0.429. The molecule has 122 valence electrons. The molecule has 4 nitrogen and oxygen atoms in total. The predicted octanol–water partition coefficient (Wildman–Crippen LogP) is 1.99. The van der Waals surface area contributed by atoms with Gasteiger partial charge in [-0.15, -0.1) is 0 Å². The average molecular weight is 308 g/mol. The first kappa shape index (κ1) is 16.5. The molecular formula is C14H23F3N2O2. The Morgan fingerprint density at radius 1 is 1.24 bits per heavy atom. The van der Waals surface area contributed by atoms with Gasteiger partial charge in [0.1, 0.15) is 6.61 Å². The quantitative estimate of drug-likeness (QED) is 0.835. The smallest absolute Gasteiger partial charge is 0.369 e. The fourth-order valence-corrected chi connectivity index (χ4v) is 3.03. The highest BCUT2D eigenvalue weighted by Crippen LogP contribution is 2.24. The zero-order valence-corrected chi connectivity index (χ0v) is 12.0.